The Kier molecular flexibility index (Phi) is 5.30. The van der Waals surface area contributed by atoms with Crippen LogP contribution in [-0.4, -0.2) is 13.1 Å². The third-order valence-corrected chi connectivity index (χ3v) is 4.00. The zero-order valence-corrected chi connectivity index (χ0v) is 12.2. The summed E-state index contributed by atoms with van der Waals surface area (Å²) in [4.78, 5) is 1.46. The van der Waals surface area contributed by atoms with Crippen LogP contribution < -0.4 is 5.32 Å². The van der Waals surface area contributed by atoms with Gasteiger partial charge in [0.2, 0.25) is 0 Å². The van der Waals surface area contributed by atoms with Crippen molar-refractivity contribution in [1.82, 2.24) is 5.32 Å². The molecular formula is C12H20BrNS. The Bertz CT molecular complexity index is 294. The van der Waals surface area contributed by atoms with E-state index < -0.39 is 0 Å². The van der Waals surface area contributed by atoms with Crippen LogP contribution in [0.25, 0.3) is 0 Å². The van der Waals surface area contributed by atoms with Crippen molar-refractivity contribution >= 4 is 27.3 Å². The molecule has 0 atom stereocenters. The molecule has 0 aromatic carbocycles. The second-order valence-electron chi connectivity index (χ2n) is 4.75. The maximum atomic E-state index is 3.50. The minimum Gasteiger partial charge on any atom is -0.316 e. The van der Waals surface area contributed by atoms with E-state index in [9.17, 15) is 0 Å². The summed E-state index contributed by atoms with van der Waals surface area (Å²) in [6.45, 7) is 9.07. The van der Waals surface area contributed by atoms with E-state index in [1.54, 1.807) is 0 Å². The predicted octanol–water partition coefficient (Wildman–Crippen LogP) is 4.08. The quantitative estimate of drug-likeness (QED) is 0.778. The summed E-state index contributed by atoms with van der Waals surface area (Å²) in [6.07, 6.45) is 2.36. The zero-order valence-electron chi connectivity index (χ0n) is 9.77. The van der Waals surface area contributed by atoms with Crippen molar-refractivity contribution in [2.75, 3.05) is 13.1 Å². The second-order valence-corrected chi connectivity index (χ2v) is 6.66. The number of hydrogen-bond donors (Lipinski definition) is 1. The summed E-state index contributed by atoms with van der Waals surface area (Å²) in [5.74, 6) is 0. The largest absolute Gasteiger partial charge is 0.316 e. The summed E-state index contributed by atoms with van der Waals surface area (Å²) in [7, 11) is 0. The monoisotopic (exact) mass is 289 g/mol. The van der Waals surface area contributed by atoms with Gasteiger partial charge in [-0.1, -0.05) is 20.8 Å². The van der Waals surface area contributed by atoms with Crippen molar-refractivity contribution in [3.05, 3.63) is 20.8 Å². The Hall–Kier alpha value is 0.140. The molecule has 15 heavy (non-hydrogen) atoms. The molecule has 0 saturated carbocycles. The molecule has 3 heteroatoms. The standard InChI is InChI=1S/C12H20BrNS/c1-4-5-14-9-12(2,3)7-11-6-10(13)8-15-11/h6,8,14H,4-5,7,9H2,1-3H3. The molecule has 1 nitrogen and oxygen atoms in total. The van der Waals surface area contributed by atoms with Gasteiger partial charge in [-0.05, 0) is 46.8 Å². The third-order valence-electron chi connectivity index (χ3n) is 2.30. The Balaban J connectivity index is 2.41. The van der Waals surface area contributed by atoms with E-state index in [-0.39, 0.29) is 0 Å². The number of halogens is 1. The molecule has 0 radical (unpaired) electrons. The molecule has 0 unspecified atom stereocenters. The smallest absolute Gasteiger partial charge is 0.0285 e. The Morgan fingerprint density at radius 1 is 1.47 bits per heavy atom. The van der Waals surface area contributed by atoms with Crippen LogP contribution in [0.15, 0.2) is 15.9 Å². The van der Waals surface area contributed by atoms with Crippen molar-refractivity contribution < 1.29 is 0 Å². The molecule has 1 rings (SSSR count). The van der Waals surface area contributed by atoms with Gasteiger partial charge in [0, 0.05) is 21.3 Å². The van der Waals surface area contributed by atoms with Crippen LogP contribution in [0.5, 0.6) is 0 Å². The van der Waals surface area contributed by atoms with E-state index in [4.69, 9.17) is 0 Å². The first-order chi connectivity index (χ1) is 7.03. The van der Waals surface area contributed by atoms with E-state index in [1.165, 1.54) is 15.8 Å². The van der Waals surface area contributed by atoms with Gasteiger partial charge >= 0.3 is 0 Å². The molecule has 0 aliphatic carbocycles. The van der Waals surface area contributed by atoms with Crippen molar-refractivity contribution in [3.63, 3.8) is 0 Å². The van der Waals surface area contributed by atoms with Gasteiger partial charge in [-0.3, -0.25) is 0 Å². The number of nitrogens with one attached hydrogen (secondary N) is 1. The minimum atomic E-state index is 0.347. The summed E-state index contributed by atoms with van der Waals surface area (Å²) >= 11 is 5.34. The first-order valence-electron chi connectivity index (χ1n) is 5.47. The van der Waals surface area contributed by atoms with Crippen LogP contribution in [0.4, 0.5) is 0 Å². The average Bonchev–Trinajstić information content (AvgIpc) is 2.50. The van der Waals surface area contributed by atoms with Gasteiger partial charge in [0.15, 0.2) is 0 Å². The summed E-state index contributed by atoms with van der Waals surface area (Å²) < 4.78 is 1.21. The first kappa shape index (κ1) is 13.2. The third kappa shape index (κ3) is 5.14. The topological polar surface area (TPSA) is 12.0 Å². The van der Waals surface area contributed by atoms with Crippen LogP contribution in [0.3, 0.4) is 0 Å². The van der Waals surface area contributed by atoms with E-state index in [0.717, 1.165) is 19.5 Å². The highest BCUT2D eigenvalue weighted by Gasteiger charge is 2.18. The highest BCUT2D eigenvalue weighted by Crippen LogP contribution is 2.27. The minimum absolute atomic E-state index is 0.347. The fourth-order valence-corrected chi connectivity index (χ4v) is 3.29. The molecule has 1 aromatic rings. The average molecular weight is 290 g/mol. The summed E-state index contributed by atoms with van der Waals surface area (Å²) in [5.41, 5.74) is 0.347. The Morgan fingerprint density at radius 3 is 2.73 bits per heavy atom. The van der Waals surface area contributed by atoms with Gasteiger partial charge in [-0.15, -0.1) is 11.3 Å². The van der Waals surface area contributed by atoms with Gasteiger partial charge < -0.3 is 5.32 Å². The molecule has 0 spiro atoms. The maximum Gasteiger partial charge on any atom is 0.0285 e. The van der Waals surface area contributed by atoms with Gasteiger partial charge in [0.1, 0.15) is 0 Å². The van der Waals surface area contributed by atoms with E-state index in [1.807, 2.05) is 11.3 Å². The molecule has 0 saturated heterocycles. The molecule has 0 fully saturated rings. The van der Waals surface area contributed by atoms with Gasteiger partial charge in [-0.25, -0.2) is 0 Å². The van der Waals surface area contributed by atoms with Crippen LogP contribution in [0.1, 0.15) is 32.1 Å². The van der Waals surface area contributed by atoms with E-state index in [0.29, 0.717) is 5.41 Å². The van der Waals surface area contributed by atoms with E-state index >= 15 is 0 Å². The van der Waals surface area contributed by atoms with Crippen LogP contribution in [0.2, 0.25) is 0 Å². The highest BCUT2D eigenvalue weighted by molar-refractivity contribution is 9.10. The number of hydrogen-bond acceptors (Lipinski definition) is 2. The predicted molar refractivity (Wildman–Crippen MR) is 72.7 cm³/mol. The maximum absolute atomic E-state index is 3.50. The molecule has 1 N–H and O–H groups in total. The Labute approximate surface area is 105 Å². The molecule has 0 aliphatic rings. The van der Waals surface area contributed by atoms with Crippen LogP contribution in [0, 0.1) is 5.41 Å². The first-order valence-corrected chi connectivity index (χ1v) is 7.14. The summed E-state index contributed by atoms with van der Waals surface area (Å²) in [6, 6.07) is 2.23. The summed E-state index contributed by atoms with van der Waals surface area (Å²) in [5, 5.41) is 5.65. The normalized spacial score (nSPS) is 12.0. The highest BCUT2D eigenvalue weighted by atomic mass is 79.9. The molecular weight excluding hydrogens is 270 g/mol. The fourth-order valence-electron chi connectivity index (χ4n) is 1.58. The zero-order chi connectivity index (χ0) is 11.3. The molecule has 0 aliphatic heterocycles. The molecule has 0 amide bonds. The van der Waals surface area contributed by atoms with Crippen molar-refractivity contribution in [3.8, 4) is 0 Å². The molecule has 1 heterocycles. The van der Waals surface area contributed by atoms with Crippen molar-refractivity contribution in [1.29, 1.82) is 0 Å². The Morgan fingerprint density at radius 2 is 2.20 bits per heavy atom. The molecule has 0 bridgehead atoms. The van der Waals surface area contributed by atoms with Crippen LogP contribution in [-0.2, 0) is 6.42 Å². The van der Waals surface area contributed by atoms with Gasteiger partial charge in [0.05, 0.1) is 0 Å². The van der Waals surface area contributed by atoms with Crippen molar-refractivity contribution in [2.24, 2.45) is 5.41 Å². The van der Waals surface area contributed by atoms with Gasteiger partial charge in [0.25, 0.3) is 0 Å². The number of thiophene rings is 1. The fraction of sp³-hybridized carbons (Fsp3) is 0.667. The lowest BCUT2D eigenvalue weighted by Gasteiger charge is -2.24. The lowest BCUT2D eigenvalue weighted by Crippen LogP contribution is -2.31. The number of rotatable bonds is 6. The SMILES string of the molecule is CCCNCC(C)(C)Cc1cc(Br)cs1. The van der Waals surface area contributed by atoms with Gasteiger partial charge in [-0.2, -0.15) is 0 Å². The lowest BCUT2D eigenvalue weighted by atomic mass is 9.88. The van der Waals surface area contributed by atoms with Crippen LogP contribution >= 0.6 is 27.3 Å². The molecule has 86 valence electrons. The van der Waals surface area contributed by atoms with Crippen molar-refractivity contribution in [2.45, 2.75) is 33.6 Å². The second kappa shape index (κ2) is 6.02. The van der Waals surface area contributed by atoms with E-state index in [2.05, 4.69) is 53.5 Å². The lowest BCUT2D eigenvalue weighted by molar-refractivity contribution is 0.341. The molecule has 1 aromatic heterocycles.